The Morgan fingerprint density at radius 3 is 2.55 bits per heavy atom. The minimum absolute atomic E-state index is 0.649. The summed E-state index contributed by atoms with van der Waals surface area (Å²) < 4.78 is 12.6. The molecule has 0 amide bonds. The number of hydrogen-bond acceptors (Lipinski definition) is 7. The number of aryl methyl sites for hydroxylation is 2. The molecule has 7 nitrogen and oxygen atoms in total. The lowest BCUT2D eigenvalue weighted by molar-refractivity contribution is 0.408. The first-order chi connectivity index (χ1) is 15.2. The van der Waals surface area contributed by atoms with Crippen LogP contribution in [0.1, 0.15) is 11.1 Å². The van der Waals surface area contributed by atoms with Crippen LogP contribution in [0.5, 0.6) is 11.5 Å². The highest BCUT2D eigenvalue weighted by Crippen LogP contribution is 2.25. The standard InChI is InChI=1S/C23H25N5O2S/c1-29-18-10-8-16(9-11-18)14-24-21-19-15-25-28(22(19)27-23(26-21)31-3)13-12-17-6-4-5-7-20(17)30-2/h4-11,15H,12-14H2,1-3H3,(H,24,26,27). The molecule has 0 aliphatic heterocycles. The molecule has 0 aliphatic carbocycles. The van der Waals surface area contributed by atoms with E-state index in [0.717, 1.165) is 45.9 Å². The molecule has 31 heavy (non-hydrogen) atoms. The average Bonchev–Trinajstić information content (AvgIpc) is 3.24. The summed E-state index contributed by atoms with van der Waals surface area (Å²) in [4.78, 5) is 9.38. The minimum Gasteiger partial charge on any atom is -0.497 e. The van der Waals surface area contributed by atoms with Crippen molar-refractivity contribution < 1.29 is 9.47 Å². The van der Waals surface area contributed by atoms with E-state index in [-0.39, 0.29) is 0 Å². The molecule has 0 radical (unpaired) electrons. The molecular formula is C23H25N5O2S. The fraction of sp³-hybridized carbons (Fsp3) is 0.261. The zero-order valence-corrected chi connectivity index (χ0v) is 18.6. The van der Waals surface area contributed by atoms with Crippen LogP contribution in [-0.2, 0) is 19.5 Å². The van der Waals surface area contributed by atoms with Gasteiger partial charge in [-0.05, 0) is 42.0 Å². The maximum Gasteiger partial charge on any atom is 0.191 e. The Morgan fingerprint density at radius 2 is 1.81 bits per heavy atom. The lowest BCUT2D eigenvalue weighted by Gasteiger charge is -2.10. The Bertz CT molecular complexity index is 1160. The Labute approximate surface area is 185 Å². The van der Waals surface area contributed by atoms with Gasteiger partial charge in [0.25, 0.3) is 0 Å². The summed E-state index contributed by atoms with van der Waals surface area (Å²) in [6, 6.07) is 16.0. The Hall–Kier alpha value is -3.26. The zero-order valence-electron chi connectivity index (χ0n) is 17.8. The maximum atomic E-state index is 5.47. The van der Waals surface area contributed by atoms with E-state index in [0.29, 0.717) is 18.2 Å². The van der Waals surface area contributed by atoms with Gasteiger partial charge < -0.3 is 14.8 Å². The first kappa shape index (κ1) is 21.0. The molecule has 0 saturated heterocycles. The third-order valence-electron chi connectivity index (χ3n) is 5.06. The molecule has 0 unspecified atom stereocenters. The van der Waals surface area contributed by atoms with Crippen LogP contribution < -0.4 is 14.8 Å². The normalized spacial score (nSPS) is 10.9. The van der Waals surface area contributed by atoms with Crippen LogP contribution in [0.2, 0.25) is 0 Å². The van der Waals surface area contributed by atoms with Gasteiger partial charge in [-0.2, -0.15) is 5.10 Å². The molecule has 0 bridgehead atoms. The molecule has 4 rings (SSSR count). The fourth-order valence-electron chi connectivity index (χ4n) is 3.39. The molecule has 2 heterocycles. The van der Waals surface area contributed by atoms with Crippen molar-refractivity contribution in [2.75, 3.05) is 25.8 Å². The second-order valence-electron chi connectivity index (χ2n) is 6.93. The summed E-state index contributed by atoms with van der Waals surface area (Å²) in [6.45, 7) is 1.35. The van der Waals surface area contributed by atoms with Crippen molar-refractivity contribution in [2.24, 2.45) is 0 Å². The third-order valence-corrected chi connectivity index (χ3v) is 5.61. The van der Waals surface area contributed by atoms with Crippen molar-refractivity contribution >= 4 is 28.6 Å². The number of methoxy groups -OCH3 is 2. The first-order valence-electron chi connectivity index (χ1n) is 9.98. The number of ether oxygens (including phenoxy) is 2. The molecule has 160 valence electrons. The number of rotatable bonds is 9. The molecule has 0 spiro atoms. The molecule has 2 aromatic heterocycles. The van der Waals surface area contributed by atoms with E-state index in [2.05, 4.69) is 21.5 Å². The quantitative estimate of drug-likeness (QED) is 0.308. The van der Waals surface area contributed by atoms with Gasteiger partial charge in [-0.3, -0.25) is 0 Å². The number of fused-ring (bicyclic) bond motifs is 1. The van der Waals surface area contributed by atoms with E-state index in [9.17, 15) is 0 Å². The van der Waals surface area contributed by atoms with Gasteiger partial charge in [-0.1, -0.05) is 42.1 Å². The second kappa shape index (κ2) is 9.70. The number of hydrogen-bond donors (Lipinski definition) is 1. The summed E-state index contributed by atoms with van der Waals surface area (Å²) in [6.07, 6.45) is 4.61. The number of anilines is 1. The monoisotopic (exact) mass is 435 g/mol. The Kier molecular flexibility index (Phi) is 6.57. The van der Waals surface area contributed by atoms with E-state index in [1.165, 1.54) is 11.8 Å². The van der Waals surface area contributed by atoms with E-state index < -0.39 is 0 Å². The van der Waals surface area contributed by atoms with Gasteiger partial charge in [0.15, 0.2) is 10.8 Å². The summed E-state index contributed by atoms with van der Waals surface area (Å²) in [5.41, 5.74) is 3.11. The van der Waals surface area contributed by atoms with Crippen molar-refractivity contribution in [3.8, 4) is 11.5 Å². The van der Waals surface area contributed by atoms with Gasteiger partial charge in [0.05, 0.1) is 25.8 Å². The van der Waals surface area contributed by atoms with Crippen molar-refractivity contribution in [1.82, 2.24) is 19.7 Å². The van der Waals surface area contributed by atoms with Crippen molar-refractivity contribution in [1.29, 1.82) is 0 Å². The van der Waals surface area contributed by atoms with Gasteiger partial charge >= 0.3 is 0 Å². The lowest BCUT2D eigenvalue weighted by atomic mass is 10.1. The summed E-state index contributed by atoms with van der Waals surface area (Å²) in [7, 11) is 3.36. The van der Waals surface area contributed by atoms with Crippen LogP contribution in [0, 0.1) is 0 Å². The van der Waals surface area contributed by atoms with E-state index in [4.69, 9.17) is 14.5 Å². The van der Waals surface area contributed by atoms with E-state index in [1.807, 2.05) is 59.6 Å². The molecule has 0 atom stereocenters. The average molecular weight is 436 g/mol. The predicted octanol–water partition coefficient (Wildman–Crippen LogP) is 4.42. The molecule has 8 heteroatoms. The number of aromatic nitrogens is 4. The van der Waals surface area contributed by atoms with Crippen molar-refractivity contribution in [3.05, 3.63) is 65.9 Å². The zero-order chi connectivity index (χ0) is 21.6. The van der Waals surface area contributed by atoms with Gasteiger partial charge in [0.1, 0.15) is 17.3 Å². The van der Waals surface area contributed by atoms with Crippen molar-refractivity contribution in [3.63, 3.8) is 0 Å². The second-order valence-corrected chi connectivity index (χ2v) is 7.70. The summed E-state index contributed by atoms with van der Waals surface area (Å²) >= 11 is 1.52. The van der Waals surface area contributed by atoms with Crippen LogP contribution in [-0.4, -0.2) is 40.2 Å². The highest BCUT2D eigenvalue weighted by molar-refractivity contribution is 7.98. The molecule has 0 fully saturated rings. The largest absolute Gasteiger partial charge is 0.497 e. The highest BCUT2D eigenvalue weighted by atomic mass is 32.2. The third kappa shape index (κ3) is 4.74. The van der Waals surface area contributed by atoms with E-state index >= 15 is 0 Å². The van der Waals surface area contributed by atoms with Crippen LogP contribution in [0.25, 0.3) is 11.0 Å². The van der Waals surface area contributed by atoms with Crippen molar-refractivity contribution in [2.45, 2.75) is 24.7 Å². The summed E-state index contributed by atoms with van der Waals surface area (Å²) in [5.74, 6) is 2.52. The lowest BCUT2D eigenvalue weighted by Crippen LogP contribution is -2.07. The number of nitrogens with one attached hydrogen (secondary N) is 1. The molecule has 2 aromatic carbocycles. The highest BCUT2D eigenvalue weighted by Gasteiger charge is 2.13. The van der Waals surface area contributed by atoms with Gasteiger partial charge in [-0.15, -0.1) is 0 Å². The van der Waals surface area contributed by atoms with Crippen LogP contribution in [0.15, 0.2) is 59.9 Å². The van der Waals surface area contributed by atoms with E-state index in [1.54, 1.807) is 14.2 Å². The molecule has 0 saturated carbocycles. The summed E-state index contributed by atoms with van der Waals surface area (Å²) in [5, 5.41) is 9.65. The topological polar surface area (TPSA) is 74.1 Å². The SMILES string of the molecule is COc1ccc(CNc2nc(SC)nc3c2cnn3CCc2ccccc2OC)cc1. The first-order valence-corrected chi connectivity index (χ1v) is 11.2. The van der Waals surface area contributed by atoms with Crippen LogP contribution in [0.3, 0.4) is 0 Å². The van der Waals surface area contributed by atoms with Crippen LogP contribution in [0.4, 0.5) is 5.82 Å². The number of thioether (sulfide) groups is 1. The molecular weight excluding hydrogens is 410 g/mol. The van der Waals surface area contributed by atoms with Gasteiger partial charge in [-0.25, -0.2) is 14.6 Å². The number of benzene rings is 2. The maximum absolute atomic E-state index is 5.47. The fourth-order valence-corrected chi connectivity index (χ4v) is 3.75. The molecule has 1 N–H and O–H groups in total. The number of nitrogens with zero attached hydrogens (tertiary/aromatic N) is 4. The molecule has 4 aromatic rings. The Morgan fingerprint density at radius 1 is 1.00 bits per heavy atom. The molecule has 0 aliphatic rings. The van der Waals surface area contributed by atoms with Gasteiger partial charge in [0, 0.05) is 13.1 Å². The van der Waals surface area contributed by atoms with Gasteiger partial charge in [0.2, 0.25) is 0 Å². The Balaban J connectivity index is 1.56. The smallest absolute Gasteiger partial charge is 0.191 e. The minimum atomic E-state index is 0.649. The van der Waals surface area contributed by atoms with Crippen LogP contribution >= 0.6 is 11.8 Å². The number of para-hydroxylation sites is 1. The predicted molar refractivity (Wildman–Crippen MR) is 124 cm³/mol.